The van der Waals surface area contributed by atoms with Gasteiger partial charge >= 0.3 is 0 Å². The van der Waals surface area contributed by atoms with Crippen LogP contribution in [-0.2, 0) is 0 Å². The molecule has 0 spiro atoms. The van der Waals surface area contributed by atoms with Crippen LogP contribution in [0.1, 0.15) is 11.1 Å². The number of nitrogens with zero attached hydrogens (tertiary/aromatic N) is 2. The van der Waals surface area contributed by atoms with Crippen LogP contribution in [0.4, 0.5) is 0 Å². The van der Waals surface area contributed by atoms with Crippen LogP contribution in [-0.4, -0.2) is 9.97 Å². The van der Waals surface area contributed by atoms with Gasteiger partial charge in [0, 0.05) is 35.9 Å². The quantitative estimate of drug-likeness (QED) is 0.187. The number of hydrogen-bond acceptors (Lipinski definition) is 2. The SMILES string of the molecule is Cc1ccc(-c2cccnc2)cc1-c1c2ccccc2c(-c2cc(-c3cccnc3)ccc2C)c2cc(-c3ccccc3)ccc12. The Morgan fingerprint density at radius 2 is 0.804 bits per heavy atom. The molecule has 218 valence electrons. The molecular formula is C44H32N2. The average Bonchev–Trinajstić information content (AvgIpc) is 3.12. The van der Waals surface area contributed by atoms with Gasteiger partial charge in [0.05, 0.1) is 0 Å². The van der Waals surface area contributed by atoms with E-state index in [9.17, 15) is 0 Å². The van der Waals surface area contributed by atoms with Gasteiger partial charge in [0.15, 0.2) is 0 Å². The molecule has 0 aliphatic heterocycles. The van der Waals surface area contributed by atoms with Crippen LogP contribution in [0.25, 0.3) is 77.2 Å². The Labute approximate surface area is 269 Å². The minimum Gasteiger partial charge on any atom is -0.264 e. The Hall–Kier alpha value is -5.86. The number of aromatic nitrogens is 2. The normalized spacial score (nSPS) is 11.3. The summed E-state index contributed by atoms with van der Waals surface area (Å²) in [5.41, 5.74) is 14.4. The Morgan fingerprint density at radius 1 is 0.348 bits per heavy atom. The van der Waals surface area contributed by atoms with E-state index in [1.54, 1.807) is 0 Å². The molecular weight excluding hydrogens is 556 g/mol. The molecule has 2 heteroatoms. The fourth-order valence-electron chi connectivity index (χ4n) is 6.78. The molecule has 0 aliphatic carbocycles. The first kappa shape index (κ1) is 27.7. The molecule has 2 nitrogen and oxygen atoms in total. The summed E-state index contributed by atoms with van der Waals surface area (Å²) < 4.78 is 0. The standard InChI is InChI=1S/C44H32N2/c1-29-16-18-33(35-12-8-22-45-27-35)24-40(29)43-37-14-6-7-15-38(37)44(41-25-34(19-17-30(41)2)36-13-9-23-46-28-36)42-26-32(20-21-39(42)43)31-10-4-3-5-11-31/h3-28H,1-2H3. The van der Waals surface area contributed by atoms with Crippen molar-refractivity contribution < 1.29 is 0 Å². The van der Waals surface area contributed by atoms with Crippen molar-refractivity contribution in [3.63, 3.8) is 0 Å². The molecule has 2 heterocycles. The van der Waals surface area contributed by atoms with E-state index in [4.69, 9.17) is 0 Å². The monoisotopic (exact) mass is 588 g/mol. The zero-order valence-corrected chi connectivity index (χ0v) is 25.9. The maximum absolute atomic E-state index is 4.41. The fourth-order valence-corrected chi connectivity index (χ4v) is 6.78. The van der Waals surface area contributed by atoms with E-state index in [-0.39, 0.29) is 0 Å². The van der Waals surface area contributed by atoms with E-state index in [1.807, 2.05) is 36.9 Å². The van der Waals surface area contributed by atoms with Crippen molar-refractivity contribution in [2.24, 2.45) is 0 Å². The van der Waals surface area contributed by atoms with Gasteiger partial charge in [-0.25, -0.2) is 0 Å². The lowest BCUT2D eigenvalue weighted by molar-refractivity contribution is 1.33. The minimum absolute atomic E-state index is 1.11. The fraction of sp³-hybridized carbons (Fsp3) is 0.0455. The molecule has 8 rings (SSSR count). The molecule has 0 unspecified atom stereocenters. The zero-order chi connectivity index (χ0) is 31.0. The summed E-state index contributed by atoms with van der Waals surface area (Å²) in [5.74, 6) is 0. The number of benzene rings is 6. The van der Waals surface area contributed by atoms with Crippen molar-refractivity contribution >= 4 is 21.5 Å². The summed E-state index contributed by atoms with van der Waals surface area (Å²) in [6.07, 6.45) is 7.54. The molecule has 0 radical (unpaired) electrons. The molecule has 8 aromatic rings. The Bertz CT molecular complexity index is 2360. The van der Waals surface area contributed by atoms with Crippen molar-refractivity contribution in [3.05, 3.63) is 169 Å². The van der Waals surface area contributed by atoms with Crippen LogP contribution in [0, 0.1) is 13.8 Å². The molecule has 46 heavy (non-hydrogen) atoms. The van der Waals surface area contributed by atoms with E-state index in [1.165, 1.54) is 66.1 Å². The Balaban J connectivity index is 1.49. The second-order valence-corrected chi connectivity index (χ2v) is 12.0. The largest absolute Gasteiger partial charge is 0.264 e. The highest BCUT2D eigenvalue weighted by molar-refractivity contribution is 6.22. The predicted octanol–water partition coefficient (Wildman–Crippen LogP) is 11.7. The van der Waals surface area contributed by atoms with Crippen LogP contribution < -0.4 is 0 Å². The van der Waals surface area contributed by atoms with Gasteiger partial charge in [-0.2, -0.15) is 0 Å². The lowest BCUT2D eigenvalue weighted by Gasteiger charge is -2.21. The Kier molecular flexibility index (Phi) is 6.96. The molecule has 0 amide bonds. The maximum Gasteiger partial charge on any atom is 0.0346 e. The van der Waals surface area contributed by atoms with Crippen molar-refractivity contribution in [1.82, 2.24) is 9.97 Å². The van der Waals surface area contributed by atoms with Crippen LogP contribution in [0.5, 0.6) is 0 Å². The van der Waals surface area contributed by atoms with Crippen LogP contribution >= 0.6 is 0 Å². The highest BCUT2D eigenvalue weighted by Crippen LogP contribution is 2.47. The predicted molar refractivity (Wildman–Crippen MR) is 194 cm³/mol. The summed E-state index contributed by atoms with van der Waals surface area (Å²) in [6, 6.07) is 48.4. The second-order valence-electron chi connectivity index (χ2n) is 12.0. The average molecular weight is 589 g/mol. The van der Waals surface area contributed by atoms with Gasteiger partial charge in [0.1, 0.15) is 0 Å². The molecule has 0 bridgehead atoms. The highest BCUT2D eigenvalue weighted by Gasteiger charge is 2.20. The molecule has 0 saturated heterocycles. The van der Waals surface area contributed by atoms with E-state index in [0.29, 0.717) is 0 Å². The lowest BCUT2D eigenvalue weighted by Crippen LogP contribution is -1.95. The smallest absolute Gasteiger partial charge is 0.0346 e. The molecule has 0 aliphatic rings. The van der Waals surface area contributed by atoms with Crippen molar-refractivity contribution in [3.8, 4) is 55.6 Å². The van der Waals surface area contributed by atoms with Crippen LogP contribution in [0.3, 0.4) is 0 Å². The first-order valence-electron chi connectivity index (χ1n) is 15.7. The van der Waals surface area contributed by atoms with Gasteiger partial charge in [-0.15, -0.1) is 0 Å². The van der Waals surface area contributed by atoms with Gasteiger partial charge in [-0.1, -0.05) is 103 Å². The van der Waals surface area contributed by atoms with E-state index in [2.05, 4.69) is 145 Å². The third-order valence-electron chi connectivity index (χ3n) is 9.13. The number of rotatable bonds is 5. The topological polar surface area (TPSA) is 25.8 Å². The lowest BCUT2D eigenvalue weighted by atomic mass is 9.82. The minimum atomic E-state index is 1.11. The zero-order valence-electron chi connectivity index (χ0n) is 25.9. The van der Waals surface area contributed by atoms with E-state index < -0.39 is 0 Å². The van der Waals surface area contributed by atoms with Gasteiger partial charge in [0.2, 0.25) is 0 Å². The number of hydrogen-bond donors (Lipinski definition) is 0. The van der Waals surface area contributed by atoms with Gasteiger partial charge in [-0.3, -0.25) is 9.97 Å². The number of pyridine rings is 2. The first-order chi connectivity index (χ1) is 22.7. The summed E-state index contributed by atoms with van der Waals surface area (Å²) in [6.45, 7) is 4.44. The molecule has 0 N–H and O–H groups in total. The molecule has 0 fully saturated rings. The maximum atomic E-state index is 4.41. The molecule has 0 saturated carbocycles. The van der Waals surface area contributed by atoms with Crippen molar-refractivity contribution in [2.75, 3.05) is 0 Å². The second kappa shape index (κ2) is 11.6. The summed E-state index contributed by atoms with van der Waals surface area (Å²) >= 11 is 0. The van der Waals surface area contributed by atoms with Crippen LogP contribution in [0.15, 0.2) is 158 Å². The van der Waals surface area contributed by atoms with E-state index >= 15 is 0 Å². The number of fused-ring (bicyclic) bond motifs is 2. The van der Waals surface area contributed by atoms with Crippen molar-refractivity contribution in [1.29, 1.82) is 0 Å². The third-order valence-corrected chi connectivity index (χ3v) is 9.13. The van der Waals surface area contributed by atoms with Gasteiger partial charge in [0.25, 0.3) is 0 Å². The molecule has 2 aromatic heterocycles. The highest BCUT2D eigenvalue weighted by atomic mass is 14.6. The van der Waals surface area contributed by atoms with Crippen molar-refractivity contribution in [2.45, 2.75) is 13.8 Å². The summed E-state index contributed by atoms with van der Waals surface area (Å²) in [4.78, 5) is 8.81. The Morgan fingerprint density at radius 3 is 1.35 bits per heavy atom. The third kappa shape index (κ3) is 4.85. The van der Waals surface area contributed by atoms with E-state index in [0.717, 1.165) is 22.3 Å². The number of aryl methyl sites for hydroxylation is 2. The first-order valence-corrected chi connectivity index (χ1v) is 15.7. The molecule has 6 aromatic carbocycles. The van der Waals surface area contributed by atoms with Gasteiger partial charge in [-0.05, 0) is 121 Å². The summed E-state index contributed by atoms with van der Waals surface area (Å²) in [5, 5.41) is 4.97. The summed E-state index contributed by atoms with van der Waals surface area (Å²) in [7, 11) is 0. The molecule has 0 atom stereocenters. The van der Waals surface area contributed by atoms with Crippen LogP contribution in [0.2, 0.25) is 0 Å². The van der Waals surface area contributed by atoms with Gasteiger partial charge < -0.3 is 0 Å².